The Bertz CT molecular complexity index is 387. The molecule has 0 saturated heterocycles. The molecule has 3 heteroatoms. The van der Waals surface area contributed by atoms with Crippen molar-refractivity contribution in [3.05, 3.63) is 18.2 Å². The van der Waals surface area contributed by atoms with E-state index in [0.29, 0.717) is 11.3 Å². The van der Waals surface area contributed by atoms with Gasteiger partial charge in [0.1, 0.15) is 5.82 Å². The predicted molar refractivity (Wildman–Crippen MR) is 82.2 cm³/mol. The molecule has 1 N–H and O–H groups in total. The zero-order valence-electron chi connectivity index (χ0n) is 13.7. The molecular weight excluding hydrogens is 234 g/mol. The van der Waals surface area contributed by atoms with Crippen LogP contribution in [0.1, 0.15) is 53.8 Å². The maximum absolute atomic E-state index is 4.43. The van der Waals surface area contributed by atoms with Gasteiger partial charge in [0, 0.05) is 37.9 Å². The second-order valence-corrected chi connectivity index (χ2v) is 7.37. The highest BCUT2D eigenvalue weighted by Gasteiger charge is 2.29. The van der Waals surface area contributed by atoms with Crippen molar-refractivity contribution in [2.75, 3.05) is 6.54 Å². The Labute approximate surface area is 118 Å². The smallest absolute Gasteiger partial charge is 0.108 e. The van der Waals surface area contributed by atoms with Gasteiger partial charge in [-0.2, -0.15) is 0 Å². The van der Waals surface area contributed by atoms with E-state index in [4.69, 9.17) is 0 Å². The van der Waals surface area contributed by atoms with E-state index >= 15 is 0 Å². The fraction of sp³-hybridized carbons (Fsp3) is 0.812. The molecule has 0 aromatic carbocycles. The van der Waals surface area contributed by atoms with Gasteiger partial charge in [-0.25, -0.2) is 4.98 Å². The van der Waals surface area contributed by atoms with Gasteiger partial charge in [-0.05, 0) is 38.5 Å². The first-order chi connectivity index (χ1) is 8.64. The Morgan fingerprint density at radius 3 is 2.32 bits per heavy atom. The summed E-state index contributed by atoms with van der Waals surface area (Å²) in [7, 11) is 2.07. The third-order valence-corrected chi connectivity index (χ3v) is 4.26. The molecule has 1 unspecified atom stereocenters. The standard InChI is InChI=1S/C16H31N3/c1-13(2)16(6,12-18-15(3,4)5)9-8-14-17-10-11-19(14)7/h10-11,13,18H,8-9,12H2,1-7H3. The summed E-state index contributed by atoms with van der Waals surface area (Å²) in [5, 5.41) is 3.66. The highest BCUT2D eigenvalue weighted by atomic mass is 15.0. The van der Waals surface area contributed by atoms with Crippen molar-refractivity contribution in [1.82, 2.24) is 14.9 Å². The minimum atomic E-state index is 0.180. The highest BCUT2D eigenvalue weighted by Crippen LogP contribution is 2.32. The Morgan fingerprint density at radius 2 is 1.89 bits per heavy atom. The first kappa shape index (κ1) is 16.2. The quantitative estimate of drug-likeness (QED) is 0.854. The molecule has 1 atom stereocenters. The molecule has 1 rings (SSSR count). The van der Waals surface area contributed by atoms with E-state index in [1.54, 1.807) is 0 Å². The van der Waals surface area contributed by atoms with Crippen LogP contribution >= 0.6 is 0 Å². The molecule has 0 aliphatic rings. The van der Waals surface area contributed by atoms with Crippen molar-refractivity contribution in [3.8, 4) is 0 Å². The lowest BCUT2D eigenvalue weighted by atomic mass is 9.75. The van der Waals surface area contributed by atoms with Crippen LogP contribution in [0.25, 0.3) is 0 Å². The van der Waals surface area contributed by atoms with Gasteiger partial charge in [-0.1, -0.05) is 20.8 Å². The van der Waals surface area contributed by atoms with Crippen LogP contribution in [0.3, 0.4) is 0 Å². The molecule has 1 aromatic rings. The molecule has 3 nitrogen and oxygen atoms in total. The van der Waals surface area contributed by atoms with Crippen molar-refractivity contribution in [3.63, 3.8) is 0 Å². The van der Waals surface area contributed by atoms with E-state index in [2.05, 4.69) is 63.5 Å². The van der Waals surface area contributed by atoms with Crippen molar-refractivity contribution in [2.45, 2.75) is 59.9 Å². The van der Waals surface area contributed by atoms with Crippen LogP contribution in [0.15, 0.2) is 12.4 Å². The van der Waals surface area contributed by atoms with E-state index in [1.807, 2.05) is 12.4 Å². The minimum absolute atomic E-state index is 0.180. The van der Waals surface area contributed by atoms with Crippen LogP contribution in [0.4, 0.5) is 0 Å². The average Bonchev–Trinajstić information content (AvgIpc) is 2.68. The molecule has 0 aliphatic heterocycles. The SMILES string of the molecule is CC(C)C(C)(CCc1nccn1C)CNC(C)(C)C. The number of hydrogen-bond acceptors (Lipinski definition) is 2. The average molecular weight is 265 g/mol. The number of imidazole rings is 1. The van der Waals surface area contributed by atoms with Crippen LogP contribution < -0.4 is 5.32 Å². The minimum Gasteiger partial charge on any atom is -0.338 e. The lowest BCUT2D eigenvalue weighted by Crippen LogP contribution is -2.45. The molecule has 0 spiro atoms. The van der Waals surface area contributed by atoms with Gasteiger partial charge in [-0.15, -0.1) is 0 Å². The largest absolute Gasteiger partial charge is 0.338 e. The maximum atomic E-state index is 4.43. The molecule has 0 radical (unpaired) electrons. The second kappa shape index (κ2) is 6.08. The topological polar surface area (TPSA) is 29.9 Å². The fourth-order valence-corrected chi connectivity index (χ4v) is 2.08. The molecule has 110 valence electrons. The fourth-order valence-electron chi connectivity index (χ4n) is 2.08. The summed E-state index contributed by atoms with van der Waals surface area (Å²) >= 11 is 0. The van der Waals surface area contributed by atoms with E-state index < -0.39 is 0 Å². The first-order valence-electron chi connectivity index (χ1n) is 7.35. The Balaban J connectivity index is 2.64. The summed E-state index contributed by atoms with van der Waals surface area (Å²) in [4.78, 5) is 4.43. The van der Waals surface area contributed by atoms with E-state index in [-0.39, 0.29) is 5.54 Å². The number of hydrogen-bond donors (Lipinski definition) is 1. The molecule has 1 heterocycles. The van der Waals surface area contributed by atoms with Gasteiger partial charge < -0.3 is 9.88 Å². The summed E-state index contributed by atoms with van der Waals surface area (Å²) in [6.45, 7) is 14.8. The molecule has 1 aromatic heterocycles. The molecular formula is C16H31N3. The lowest BCUT2D eigenvalue weighted by Gasteiger charge is -2.37. The maximum Gasteiger partial charge on any atom is 0.108 e. The normalized spacial score (nSPS) is 15.8. The predicted octanol–water partition coefficient (Wildman–Crippen LogP) is 3.40. The van der Waals surface area contributed by atoms with E-state index in [9.17, 15) is 0 Å². The summed E-state index contributed by atoms with van der Waals surface area (Å²) in [5.41, 5.74) is 0.485. The summed E-state index contributed by atoms with van der Waals surface area (Å²) < 4.78 is 2.12. The van der Waals surface area contributed by atoms with Gasteiger partial charge in [-0.3, -0.25) is 0 Å². The lowest BCUT2D eigenvalue weighted by molar-refractivity contribution is 0.173. The zero-order chi connectivity index (χ0) is 14.7. The third-order valence-electron chi connectivity index (χ3n) is 4.26. The van der Waals surface area contributed by atoms with Gasteiger partial charge in [0.25, 0.3) is 0 Å². The van der Waals surface area contributed by atoms with Crippen molar-refractivity contribution < 1.29 is 0 Å². The van der Waals surface area contributed by atoms with Crippen LogP contribution in [0, 0.1) is 11.3 Å². The van der Waals surface area contributed by atoms with Crippen molar-refractivity contribution in [2.24, 2.45) is 18.4 Å². The van der Waals surface area contributed by atoms with Crippen LogP contribution in [0.5, 0.6) is 0 Å². The van der Waals surface area contributed by atoms with Crippen LogP contribution in [-0.2, 0) is 13.5 Å². The summed E-state index contributed by atoms with van der Waals surface area (Å²) in [6.07, 6.45) is 6.12. The number of nitrogens with one attached hydrogen (secondary N) is 1. The molecule has 0 amide bonds. The Hall–Kier alpha value is -0.830. The molecule has 0 fully saturated rings. The zero-order valence-corrected chi connectivity index (χ0v) is 13.7. The second-order valence-electron chi connectivity index (χ2n) is 7.37. The summed E-state index contributed by atoms with van der Waals surface area (Å²) in [6, 6.07) is 0. The first-order valence-corrected chi connectivity index (χ1v) is 7.35. The Kier molecular flexibility index (Phi) is 5.19. The Morgan fingerprint density at radius 1 is 1.26 bits per heavy atom. The van der Waals surface area contributed by atoms with Gasteiger partial charge in [0.05, 0.1) is 0 Å². The molecule has 0 bridgehead atoms. The number of nitrogens with zero attached hydrogens (tertiary/aromatic N) is 2. The molecule has 0 aliphatic carbocycles. The molecule has 19 heavy (non-hydrogen) atoms. The third kappa shape index (κ3) is 4.98. The van der Waals surface area contributed by atoms with Gasteiger partial charge in [0.15, 0.2) is 0 Å². The van der Waals surface area contributed by atoms with Crippen molar-refractivity contribution in [1.29, 1.82) is 0 Å². The van der Waals surface area contributed by atoms with E-state index in [0.717, 1.165) is 13.0 Å². The number of aryl methyl sites for hydroxylation is 2. The highest BCUT2D eigenvalue weighted by molar-refractivity contribution is 4.94. The number of aromatic nitrogens is 2. The van der Waals surface area contributed by atoms with Gasteiger partial charge in [0.2, 0.25) is 0 Å². The van der Waals surface area contributed by atoms with Crippen LogP contribution in [-0.4, -0.2) is 21.6 Å². The number of rotatable bonds is 6. The monoisotopic (exact) mass is 265 g/mol. The molecule has 0 saturated carbocycles. The summed E-state index contributed by atoms with van der Waals surface area (Å²) in [5.74, 6) is 1.84. The van der Waals surface area contributed by atoms with Crippen molar-refractivity contribution >= 4 is 0 Å². The van der Waals surface area contributed by atoms with E-state index in [1.165, 1.54) is 12.2 Å². The van der Waals surface area contributed by atoms with Crippen LogP contribution in [0.2, 0.25) is 0 Å². The van der Waals surface area contributed by atoms with Gasteiger partial charge >= 0.3 is 0 Å².